The van der Waals surface area contributed by atoms with Gasteiger partial charge in [0.25, 0.3) is 0 Å². The molecule has 0 saturated carbocycles. The van der Waals surface area contributed by atoms with E-state index in [4.69, 9.17) is 4.74 Å². The summed E-state index contributed by atoms with van der Waals surface area (Å²) in [6.07, 6.45) is -1.49. The number of nitrogens with one attached hydrogen (secondary N) is 2. The van der Waals surface area contributed by atoms with Gasteiger partial charge in [0, 0.05) is 35.8 Å². The van der Waals surface area contributed by atoms with Gasteiger partial charge in [0.15, 0.2) is 0 Å². The van der Waals surface area contributed by atoms with Crippen molar-refractivity contribution in [2.45, 2.75) is 24.9 Å². The minimum Gasteiger partial charge on any atom is -0.494 e. The Morgan fingerprint density at radius 3 is 2.53 bits per heavy atom. The lowest BCUT2D eigenvalue weighted by molar-refractivity contribution is -0.285. The van der Waals surface area contributed by atoms with E-state index in [0.717, 1.165) is 28.7 Å². The van der Waals surface area contributed by atoms with Gasteiger partial charge in [-0.15, -0.1) is 0 Å². The highest BCUT2D eigenvalue weighted by Gasteiger charge is 2.43. The molecular formula is C27H24F3N3O5. The van der Waals surface area contributed by atoms with E-state index in [1.54, 1.807) is 42.7 Å². The third-order valence-corrected chi connectivity index (χ3v) is 5.64. The standard InChI is InChI=1S/C27H24F3N3O5/c28-27(29,30)26(35)38-37-25(34)16-20(18-7-2-1-3-8-18)22-17-33-23-11-10-19(15-21(22)23)36-14-6-13-32-24-9-4-5-12-31-24/h1-5,7-12,15,17,20,33H,6,13-14,16H2,(H,31,32). The fourth-order valence-electron chi connectivity index (χ4n) is 3.87. The number of aromatic nitrogens is 2. The van der Waals surface area contributed by atoms with Crippen LogP contribution < -0.4 is 10.1 Å². The van der Waals surface area contributed by atoms with E-state index < -0.39 is 24.0 Å². The van der Waals surface area contributed by atoms with Crippen molar-refractivity contribution in [1.29, 1.82) is 0 Å². The van der Waals surface area contributed by atoms with Gasteiger partial charge in [-0.2, -0.15) is 13.2 Å². The molecule has 198 valence electrons. The summed E-state index contributed by atoms with van der Waals surface area (Å²) < 4.78 is 43.1. The monoisotopic (exact) mass is 527 g/mol. The summed E-state index contributed by atoms with van der Waals surface area (Å²) in [6.45, 7) is 1.12. The van der Waals surface area contributed by atoms with Crippen LogP contribution in [0.5, 0.6) is 5.75 Å². The van der Waals surface area contributed by atoms with E-state index >= 15 is 0 Å². The van der Waals surface area contributed by atoms with E-state index in [1.165, 1.54) is 0 Å². The van der Waals surface area contributed by atoms with E-state index in [9.17, 15) is 22.8 Å². The second-order valence-electron chi connectivity index (χ2n) is 8.29. The smallest absolute Gasteiger partial charge is 0.494 e. The largest absolute Gasteiger partial charge is 0.495 e. The number of halogens is 3. The lowest BCUT2D eigenvalue weighted by atomic mass is 9.88. The number of fused-ring (bicyclic) bond motifs is 1. The lowest BCUT2D eigenvalue weighted by Gasteiger charge is -2.16. The fourth-order valence-corrected chi connectivity index (χ4v) is 3.87. The van der Waals surface area contributed by atoms with Crippen LogP contribution in [0.15, 0.2) is 79.1 Å². The summed E-state index contributed by atoms with van der Waals surface area (Å²) >= 11 is 0. The molecule has 1 atom stereocenters. The fraction of sp³-hybridized carbons (Fsp3) is 0.222. The molecule has 0 saturated heterocycles. The number of anilines is 1. The predicted molar refractivity (Wildman–Crippen MR) is 132 cm³/mol. The first kappa shape index (κ1) is 26.5. The number of pyridine rings is 1. The molecule has 0 spiro atoms. The molecule has 4 rings (SSSR count). The van der Waals surface area contributed by atoms with Gasteiger partial charge in [-0.1, -0.05) is 36.4 Å². The number of carbonyl (C=O) groups excluding carboxylic acids is 2. The average molecular weight is 527 g/mol. The predicted octanol–water partition coefficient (Wildman–Crippen LogP) is 5.53. The van der Waals surface area contributed by atoms with Gasteiger partial charge in [0.2, 0.25) is 0 Å². The van der Waals surface area contributed by atoms with E-state index in [2.05, 4.69) is 25.1 Å². The zero-order valence-corrected chi connectivity index (χ0v) is 20.0. The van der Waals surface area contributed by atoms with Crippen LogP contribution in [-0.2, 0) is 19.4 Å². The summed E-state index contributed by atoms with van der Waals surface area (Å²) in [4.78, 5) is 38.5. The maximum absolute atomic E-state index is 12.4. The van der Waals surface area contributed by atoms with Gasteiger partial charge in [-0.3, -0.25) is 0 Å². The molecule has 1 unspecified atom stereocenters. The Morgan fingerprint density at radius 2 is 1.79 bits per heavy atom. The second-order valence-corrected chi connectivity index (χ2v) is 8.29. The minimum absolute atomic E-state index is 0.369. The van der Waals surface area contributed by atoms with Crippen molar-refractivity contribution in [3.05, 3.63) is 90.3 Å². The second kappa shape index (κ2) is 12.1. The van der Waals surface area contributed by atoms with Crippen molar-refractivity contribution < 1.29 is 37.3 Å². The molecule has 2 aromatic heterocycles. The van der Waals surface area contributed by atoms with Crippen LogP contribution in [-0.4, -0.2) is 41.2 Å². The summed E-state index contributed by atoms with van der Waals surface area (Å²) in [5.74, 6) is -2.93. The highest BCUT2D eigenvalue weighted by Crippen LogP contribution is 2.35. The molecule has 2 N–H and O–H groups in total. The van der Waals surface area contributed by atoms with E-state index in [0.29, 0.717) is 24.5 Å². The molecule has 0 bridgehead atoms. The van der Waals surface area contributed by atoms with Crippen LogP contribution in [0.4, 0.5) is 19.0 Å². The van der Waals surface area contributed by atoms with Crippen molar-refractivity contribution in [1.82, 2.24) is 9.97 Å². The molecule has 0 aliphatic heterocycles. The Morgan fingerprint density at radius 1 is 1.00 bits per heavy atom. The third-order valence-electron chi connectivity index (χ3n) is 5.64. The number of hydrogen-bond donors (Lipinski definition) is 2. The molecule has 2 aromatic carbocycles. The normalized spacial score (nSPS) is 12.1. The van der Waals surface area contributed by atoms with Gasteiger partial charge < -0.3 is 15.0 Å². The molecular weight excluding hydrogens is 503 g/mol. The molecule has 0 aliphatic carbocycles. The zero-order valence-electron chi connectivity index (χ0n) is 20.0. The average Bonchev–Trinajstić information content (AvgIpc) is 3.33. The molecule has 8 nitrogen and oxygen atoms in total. The molecule has 11 heteroatoms. The number of alkyl halides is 3. The van der Waals surface area contributed by atoms with Gasteiger partial charge in [-0.25, -0.2) is 24.3 Å². The van der Waals surface area contributed by atoms with Crippen LogP contribution in [0.2, 0.25) is 0 Å². The first-order valence-electron chi connectivity index (χ1n) is 11.7. The lowest BCUT2D eigenvalue weighted by Crippen LogP contribution is -2.27. The van der Waals surface area contributed by atoms with Gasteiger partial charge >= 0.3 is 18.1 Å². The van der Waals surface area contributed by atoms with E-state index in [1.807, 2.05) is 36.4 Å². The maximum Gasteiger partial charge on any atom is 0.495 e. The minimum atomic E-state index is -5.28. The molecule has 0 aliphatic rings. The molecule has 2 heterocycles. The topological polar surface area (TPSA) is 103 Å². The van der Waals surface area contributed by atoms with Crippen molar-refractivity contribution in [3.63, 3.8) is 0 Å². The number of benzene rings is 2. The molecule has 4 aromatic rings. The third kappa shape index (κ3) is 7.02. The van der Waals surface area contributed by atoms with Crippen molar-refractivity contribution in [2.24, 2.45) is 0 Å². The Balaban J connectivity index is 1.45. The van der Waals surface area contributed by atoms with Crippen LogP contribution in [0.1, 0.15) is 29.9 Å². The van der Waals surface area contributed by atoms with E-state index in [-0.39, 0.29) is 6.42 Å². The number of aromatic amines is 1. The Kier molecular flexibility index (Phi) is 8.47. The maximum atomic E-state index is 12.4. The summed E-state index contributed by atoms with van der Waals surface area (Å²) in [6, 6.07) is 20.0. The SMILES string of the molecule is O=C(CC(c1ccccc1)c1c[nH]c2ccc(OCCCNc3ccccn3)cc12)OOC(=O)C(F)(F)F. The number of rotatable bonds is 10. The first-order chi connectivity index (χ1) is 18.3. The van der Waals surface area contributed by atoms with Crippen LogP contribution in [0.25, 0.3) is 10.9 Å². The van der Waals surface area contributed by atoms with Gasteiger partial charge in [-0.05, 0) is 47.9 Å². The molecule has 0 fully saturated rings. The zero-order chi connectivity index (χ0) is 27.0. The Labute approximate surface area is 215 Å². The number of hydrogen-bond acceptors (Lipinski definition) is 7. The highest BCUT2D eigenvalue weighted by atomic mass is 19.4. The highest BCUT2D eigenvalue weighted by molar-refractivity contribution is 5.86. The van der Waals surface area contributed by atoms with Crippen molar-refractivity contribution >= 4 is 28.7 Å². The Hall–Kier alpha value is -4.54. The summed E-state index contributed by atoms with van der Waals surface area (Å²) in [5.41, 5.74) is 2.20. The number of ether oxygens (including phenoxy) is 1. The van der Waals surface area contributed by atoms with Crippen molar-refractivity contribution in [3.8, 4) is 5.75 Å². The quantitative estimate of drug-likeness (QED) is 0.159. The number of H-pyrrole nitrogens is 1. The Bertz CT molecular complexity index is 1360. The summed E-state index contributed by atoms with van der Waals surface area (Å²) in [7, 11) is 0. The van der Waals surface area contributed by atoms with Crippen LogP contribution in [0, 0.1) is 0 Å². The molecule has 38 heavy (non-hydrogen) atoms. The number of carbonyl (C=O) groups is 2. The first-order valence-corrected chi connectivity index (χ1v) is 11.7. The molecule has 0 radical (unpaired) electrons. The molecule has 0 amide bonds. The number of nitrogens with zero attached hydrogens (tertiary/aromatic N) is 1. The van der Waals surface area contributed by atoms with Crippen LogP contribution in [0.3, 0.4) is 0 Å². The van der Waals surface area contributed by atoms with Gasteiger partial charge in [0.1, 0.15) is 11.6 Å². The van der Waals surface area contributed by atoms with Crippen molar-refractivity contribution in [2.75, 3.05) is 18.5 Å². The summed E-state index contributed by atoms with van der Waals surface area (Å²) in [5, 5.41) is 3.98. The van der Waals surface area contributed by atoms with Crippen LogP contribution >= 0.6 is 0 Å². The van der Waals surface area contributed by atoms with Gasteiger partial charge in [0.05, 0.1) is 13.0 Å².